The number of phenolic OH excluding ortho intramolecular Hbond substituents is 1. The maximum absolute atomic E-state index is 12.9. The maximum Gasteiger partial charge on any atom is 0.326 e. The first-order chi connectivity index (χ1) is 15.5. The lowest BCUT2D eigenvalue weighted by molar-refractivity contribution is -0.142. The Balaban J connectivity index is 1.56. The number of benzene rings is 1. The minimum Gasteiger partial charge on any atom is -0.507 e. The number of carboxylic acid groups (broad SMARTS) is 1. The van der Waals surface area contributed by atoms with E-state index in [1.54, 1.807) is 6.92 Å². The molecule has 0 saturated heterocycles. The van der Waals surface area contributed by atoms with Gasteiger partial charge in [0.2, 0.25) is 5.91 Å². The molecule has 0 aliphatic carbocycles. The molecule has 5 N–H and O–H groups in total. The number of aromatic hydroxyl groups is 1. The Kier molecular flexibility index (Phi) is 6.95. The van der Waals surface area contributed by atoms with Crippen LogP contribution in [0.2, 0.25) is 0 Å². The molecule has 0 fully saturated rings. The van der Waals surface area contributed by atoms with Gasteiger partial charge in [0.1, 0.15) is 17.5 Å². The number of imidazole rings is 1. The van der Waals surface area contributed by atoms with Gasteiger partial charge in [-0.2, -0.15) is 0 Å². The lowest BCUT2D eigenvalue weighted by Gasteiger charge is -2.36. The number of aromatic amines is 1. The highest BCUT2D eigenvalue weighted by atomic mass is 16.5. The van der Waals surface area contributed by atoms with Crippen LogP contribution in [0.3, 0.4) is 0 Å². The van der Waals surface area contributed by atoms with E-state index >= 15 is 0 Å². The average molecular weight is 459 g/mol. The van der Waals surface area contributed by atoms with Crippen LogP contribution in [0.25, 0.3) is 0 Å². The lowest BCUT2D eigenvalue weighted by Crippen LogP contribution is -2.51. The number of rotatable bonds is 8. The number of aliphatic carboxylic acids is 1. The van der Waals surface area contributed by atoms with E-state index in [1.165, 1.54) is 12.5 Å². The number of amides is 2. The molecule has 10 heteroatoms. The lowest BCUT2D eigenvalue weighted by atomic mass is 9.86. The molecule has 3 rings (SSSR count). The Morgan fingerprint density at radius 3 is 2.61 bits per heavy atom. The molecular formula is C23H30N4O6. The van der Waals surface area contributed by atoms with Crippen molar-refractivity contribution in [3.8, 4) is 11.5 Å². The molecule has 0 saturated carbocycles. The zero-order valence-electron chi connectivity index (χ0n) is 19.2. The molecule has 2 amide bonds. The van der Waals surface area contributed by atoms with Crippen LogP contribution in [-0.2, 0) is 27.2 Å². The molecule has 0 radical (unpaired) electrons. The molecule has 1 aromatic carbocycles. The van der Waals surface area contributed by atoms with E-state index in [9.17, 15) is 24.6 Å². The largest absolute Gasteiger partial charge is 0.507 e. The van der Waals surface area contributed by atoms with Crippen LogP contribution < -0.4 is 15.4 Å². The summed E-state index contributed by atoms with van der Waals surface area (Å²) in [5, 5.41) is 24.8. The fourth-order valence-electron chi connectivity index (χ4n) is 3.97. The number of hydrogen-bond donors (Lipinski definition) is 5. The summed E-state index contributed by atoms with van der Waals surface area (Å²) < 4.78 is 6.13. The number of phenols is 1. The second-order valence-corrected chi connectivity index (χ2v) is 8.61. The summed E-state index contributed by atoms with van der Waals surface area (Å²) >= 11 is 0. The van der Waals surface area contributed by atoms with Crippen molar-refractivity contribution in [1.29, 1.82) is 0 Å². The summed E-state index contributed by atoms with van der Waals surface area (Å²) in [6.45, 7) is 7.24. The second kappa shape index (κ2) is 9.51. The van der Waals surface area contributed by atoms with Gasteiger partial charge >= 0.3 is 5.97 Å². The Morgan fingerprint density at radius 2 is 1.97 bits per heavy atom. The molecule has 33 heavy (non-hydrogen) atoms. The van der Waals surface area contributed by atoms with Gasteiger partial charge in [-0.3, -0.25) is 9.59 Å². The van der Waals surface area contributed by atoms with E-state index < -0.39 is 23.5 Å². The van der Waals surface area contributed by atoms with Crippen LogP contribution >= 0.6 is 0 Å². The van der Waals surface area contributed by atoms with Crippen LogP contribution in [0.4, 0.5) is 0 Å². The summed E-state index contributed by atoms with van der Waals surface area (Å²) in [4.78, 5) is 43.2. The quantitative estimate of drug-likeness (QED) is 0.401. The van der Waals surface area contributed by atoms with Crippen molar-refractivity contribution in [2.75, 3.05) is 6.54 Å². The third-order valence-corrected chi connectivity index (χ3v) is 6.25. The minimum atomic E-state index is -1.16. The summed E-state index contributed by atoms with van der Waals surface area (Å²) in [6, 6.07) is -1.10. The number of aromatic nitrogens is 2. The summed E-state index contributed by atoms with van der Waals surface area (Å²) in [5.41, 5.74) is 2.65. The van der Waals surface area contributed by atoms with Crippen molar-refractivity contribution >= 4 is 17.8 Å². The third-order valence-electron chi connectivity index (χ3n) is 6.25. The van der Waals surface area contributed by atoms with Crippen LogP contribution in [0.15, 0.2) is 12.5 Å². The predicted octanol–water partition coefficient (Wildman–Crippen LogP) is 1.44. The van der Waals surface area contributed by atoms with Gasteiger partial charge in [-0.1, -0.05) is 0 Å². The Bertz CT molecular complexity index is 1070. The van der Waals surface area contributed by atoms with E-state index in [0.717, 1.165) is 22.3 Å². The van der Waals surface area contributed by atoms with Crippen LogP contribution in [-0.4, -0.2) is 56.2 Å². The number of carbonyl (C=O) groups excluding carboxylic acids is 2. The number of fused-ring (bicyclic) bond motifs is 1. The van der Waals surface area contributed by atoms with Crippen molar-refractivity contribution in [1.82, 2.24) is 20.6 Å². The molecule has 178 valence electrons. The highest BCUT2D eigenvalue weighted by Crippen LogP contribution is 2.43. The number of nitrogens with one attached hydrogen (secondary N) is 3. The normalized spacial score (nSPS) is 18.1. The fourth-order valence-corrected chi connectivity index (χ4v) is 3.97. The van der Waals surface area contributed by atoms with E-state index in [4.69, 9.17) is 4.74 Å². The van der Waals surface area contributed by atoms with Crippen LogP contribution in [0.5, 0.6) is 11.5 Å². The van der Waals surface area contributed by atoms with Gasteiger partial charge < -0.3 is 30.6 Å². The highest BCUT2D eigenvalue weighted by molar-refractivity contribution is 5.87. The van der Waals surface area contributed by atoms with Crippen molar-refractivity contribution in [3.05, 3.63) is 40.5 Å². The van der Waals surface area contributed by atoms with Crippen molar-refractivity contribution in [2.45, 2.75) is 65.0 Å². The molecule has 1 aliphatic rings. The Labute approximate surface area is 191 Å². The highest BCUT2D eigenvalue weighted by Gasteiger charge is 2.40. The molecule has 0 spiro atoms. The van der Waals surface area contributed by atoms with Crippen LogP contribution in [0.1, 0.15) is 47.7 Å². The standard InChI is InChI=1S/C23H30N4O6/c1-12-13(2)20-16(14(3)19(12)29)5-7-23(4,33-20)22(32)25-8-6-18(28)27-17(21(30)31)9-15-10-24-11-26-15/h10-11,17,29H,5-9H2,1-4H3,(H,24,26)(H,25,32)(H,27,28)(H,30,31)/t17-,23?/m0/s1. The van der Waals surface area contributed by atoms with Crippen molar-refractivity contribution in [3.63, 3.8) is 0 Å². The monoisotopic (exact) mass is 458 g/mol. The van der Waals surface area contributed by atoms with Crippen molar-refractivity contribution < 1.29 is 29.3 Å². The first kappa shape index (κ1) is 24.1. The SMILES string of the molecule is Cc1c(C)c2c(c(C)c1O)CCC(C)(C(=O)NCCC(=O)N[C@@H](Cc1cnc[nH]1)C(=O)O)O2. The smallest absolute Gasteiger partial charge is 0.326 e. The number of H-pyrrole nitrogens is 1. The number of hydrogen-bond acceptors (Lipinski definition) is 6. The summed E-state index contributed by atoms with van der Waals surface area (Å²) in [6.07, 6.45) is 3.94. The van der Waals surface area contributed by atoms with Crippen molar-refractivity contribution in [2.24, 2.45) is 0 Å². The molecule has 1 aliphatic heterocycles. The molecule has 2 atom stereocenters. The van der Waals surface area contributed by atoms with Crippen LogP contribution in [0, 0.1) is 20.8 Å². The molecule has 1 aromatic heterocycles. The minimum absolute atomic E-state index is 0.0412. The third kappa shape index (κ3) is 5.10. The van der Waals surface area contributed by atoms with Gasteiger partial charge in [-0.05, 0) is 50.8 Å². The molecule has 0 bridgehead atoms. The number of carbonyl (C=O) groups is 3. The van der Waals surface area contributed by atoms with E-state index in [-0.39, 0.29) is 31.0 Å². The average Bonchev–Trinajstić information content (AvgIpc) is 3.28. The number of carboxylic acids is 1. The molecule has 2 aromatic rings. The Hall–Kier alpha value is -3.56. The van der Waals surface area contributed by atoms with E-state index in [1.807, 2.05) is 20.8 Å². The topological polar surface area (TPSA) is 154 Å². The van der Waals surface area contributed by atoms with Gasteiger partial charge in [-0.25, -0.2) is 9.78 Å². The van der Waals surface area contributed by atoms with Gasteiger partial charge in [0.25, 0.3) is 5.91 Å². The maximum atomic E-state index is 12.9. The van der Waals surface area contributed by atoms with E-state index in [2.05, 4.69) is 20.6 Å². The van der Waals surface area contributed by atoms with E-state index in [0.29, 0.717) is 24.3 Å². The summed E-state index contributed by atoms with van der Waals surface area (Å²) in [7, 11) is 0. The first-order valence-electron chi connectivity index (χ1n) is 10.8. The second-order valence-electron chi connectivity index (χ2n) is 8.61. The van der Waals surface area contributed by atoms with Gasteiger partial charge in [-0.15, -0.1) is 0 Å². The van der Waals surface area contributed by atoms with Gasteiger partial charge in [0.05, 0.1) is 6.33 Å². The predicted molar refractivity (Wildman–Crippen MR) is 119 cm³/mol. The molecule has 1 unspecified atom stereocenters. The molecular weight excluding hydrogens is 428 g/mol. The zero-order valence-corrected chi connectivity index (χ0v) is 19.2. The summed E-state index contributed by atoms with van der Waals surface area (Å²) in [5.74, 6) is -1.12. The Morgan fingerprint density at radius 1 is 1.24 bits per heavy atom. The fraction of sp³-hybridized carbons (Fsp3) is 0.478. The van der Waals surface area contributed by atoms with Gasteiger partial charge in [0.15, 0.2) is 5.60 Å². The molecule has 10 nitrogen and oxygen atoms in total. The number of ether oxygens (including phenoxy) is 1. The first-order valence-corrected chi connectivity index (χ1v) is 10.8. The molecule has 2 heterocycles. The van der Waals surface area contributed by atoms with Gasteiger partial charge in [0, 0.05) is 43.3 Å². The zero-order chi connectivity index (χ0) is 24.3. The number of nitrogens with zero attached hydrogens (tertiary/aromatic N) is 1.